The van der Waals surface area contributed by atoms with Gasteiger partial charge in [-0.3, -0.25) is 9.59 Å². The van der Waals surface area contributed by atoms with E-state index in [9.17, 15) is 19.1 Å². The zero-order valence-corrected chi connectivity index (χ0v) is 18.9. The molecule has 1 heterocycles. The number of halogens is 2. The molecule has 6 nitrogen and oxygen atoms in total. The Hall–Kier alpha value is -2.90. The SMILES string of the molecule is COc1cc(/C(O)=C2/C(=O)C(=O)N(CCCOC(C)C)C2c2ccc(F)cc2)ccc1Cl. The minimum absolute atomic E-state index is 0.0400. The molecule has 0 bridgehead atoms. The number of rotatable bonds is 8. The predicted octanol–water partition coefficient (Wildman–Crippen LogP) is 4.72. The zero-order chi connectivity index (χ0) is 23.4. The predicted molar refractivity (Wildman–Crippen MR) is 119 cm³/mol. The third kappa shape index (κ3) is 4.95. The van der Waals surface area contributed by atoms with Crippen LogP contribution in [0.3, 0.4) is 0 Å². The fraction of sp³-hybridized carbons (Fsp3) is 0.333. The van der Waals surface area contributed by atoms with E-state index in [-0.39, 0.29) is 29.5 Å². The molecule has 1 atom stereocenters. The lowest BCUT2D eigenvalue weighted by Gasteiger charge is -2.25. The number of ether oxygens (including phenoxy) is 2. The number of hydrogen-bond donors (Lipinski definition) is 1. The first kappa shape index (κ1) is 23.8. The van der Waals surface area contributed by atoms with Gasteiger partial charge >= 0.3 is 0 Å². The summed E-state index contributed by atoms with van der Waals surface area (Å²) < 4.78 is 24.3. The number of amides is 1. The second-order valence-corrected chi connectivity index (χ2v) is 8.07. The molecule has 1 fully saturated rings. The van der Waals surface area contributed by atoms with Crippen LogP contribution in [-0.2, 0) is 14.3 Å². The van der Waals surface area contributed by atoms with Crippen LogP contribution in [0.15, 0.2) is 48.0 Å². The Kier molecular flexibility index (Phi) is 7.53. The van der Waals surface area contributed by atoms with E-state index < -0.39 is 23.5 Å². The molecule has 1 aliphatic heterocycles. The molecule has 2 aromatic carbocycles. The molecule has 170 valence electrons. The topological polar surface area (TPSA) is 76.1 Å². The number of ketones is 1. The molecule has 1 aliphatic rings. The van der Waals surface area contributed by atoms with Crippen molar-refractivity contribution in [3.05, 3.63) is 70.0 Å². The van der Waals surface area contributed by atoms with Gasteiger partial charge in [0.25, 0.3) is 11.7 Å². The average molecular weight is 462 g/mol. The van der Waals surface area contributed by atoms with Crippen molar-refractivity contribution in [2.75, 3.05) is 20.3 Å². The van der Waals surface area contributed by atoms with Crippen LogP contribution in [0, 0.1) is 5.82 Å². The Bertz CT molecular complexity index is 1040. The van der Waals surface area contributed by atoms with Crippen molar-refractivity contribution < 1.29 is 28.6 Å². The number of hydrogen-bond acceptors (Lipinski definition) is 5. The van der Waals surface area contributed by atoms with Crippen molar-refractivity contribution in [1.82, 2.24) is 4.90 Å². The molecule has 1 unspecified atom stereocenters. The Morgan fingerprint density at radius 1 is 1.19 bits per heavy atom. The summed E-state index contributed by atoms with van der Waals surface area (Å²) in [6.07, 6.45) is 0.538. The first-order valence-corrected chi connectivity index (χ1v) is 10.6. The summed E-state index contributed by atoms with van der Waals surface area (Å²) in [5.41, 5.74) is 0.716. The zero-order valence-electron chi connectivity index (χ0n) is 18.1. The molecule has 0 saturated carbocycles. The largest absolute Gasteiger partial charge is 0.507 e. The summed E-state index contributed by atoms with van der Waals surface area (Å²) in [5.74, 6) is -2.02. The summed E-state index contributed by atoms with van der Waals surface area (Å²) in [4.78, 5) is 27.2. The number of carbonyl (C=O) groups is 2. The van der Waals surface area contributed by atoms with Gasteiger partial charge in [-0.25, -0.2) is 4.39 Å². The van der Waals surface area contributed by atoms with Gasteiger partial charge < -0.3 is 19.5 Å². The molecule has 3 rings (SSSR count). The van der Waals surface area contributed by atoms with Gasteiger partial charge in [0.2, 0.25) is 0 Å². The van der Waals surface area contributed by atoms with Crippen LogP contribution in [0.25, 0.3) is 5.76 Å². The van der Waals surface area contributed by atoms with Crippen molar-refractivity contribution in [3.63, 3.8) is 0 Å². The van der Waals surface area contributed by atoms with Crippen LogP contribution in [-0.4, -0.2) is 48.1 Å². The minimum Gasteiger partial charge on any atom is -0.507 e. The molecular formula is C24H25ClFNO5. The lowest BCUT2D eigenvalue weighted by Crippen LogP contribution is -2.31. The maximum Gasteiger partial charge on any atom is 0.295 e. The maximum atomic E-state index is 13.5. The fourth-order valence-electron chi connectivity index (χ4n) is 3.62. The van der Waals surface area contributed by atoms with E-state index >= 15 is 0 Å². The molecule has 32 heavy (non-hydrogen) atoms. The Morgan fingerprint density at radius 3 is 2.50 bits per heavy atom. The van der Waals surface area contributed by atoms with Crippen LogP contribution < -0.4 is 4.74 Å². The molecule has 0 radical (unpaired) electrons. The van der Waals surface area contributed by atoms with Gasteiger partial charge in [-0.2, -0.15) is 0 Å². The molecule has 1 N–H and O–H groups in total. The summed E-state index contributed by atoms with van der Waals surface area (Å²) in [5, 5.41) is 11.4. The highest BCUT2D eigenvalue weighted by Crippen LogP contribution is 2.40. The van der Waals surface area contributed by atoms with Crippen molar-refractivity contribution >= 4 is 29.1 Å². The van der Waals surface area contributed by atoms with Crippen LogP contribution in [0.1, 0.15) is 37.4 Å². The molecule has 1 amide bonds. The smallest absolute Gasteiger partial charge is 0.295 e. The number of methoxy groups -OCH3 is 1. The van der Waals surface area contributed by atoms with E-state index in [2.05, 4.69) is 0 Å². The number of likely N-dealkylation sites (tertiary alicyclic amines) is 1. The average Bonchev–Trinajstić information content (AvgIpc) is 3.01. The first-order chi connectivity index (χ1) is 15.2. The van der Waals surface area contributed by atoms with Gasteiger partial charge in [-0.15, -0.1) is 0 Å². The summed E-state index contributed by atoms with van der Waals surface area (Å²) in [6.45, 7) is 4.46. The van der Waals surface area contributed by atoms with Gasteiger partial charge in [0.1, 0.15) is 17.3 Å². The van der Waals surface area contributed by atoms with Gasteiger partial charge in [0, 0.05) is 18.7 Å². The van der Waals surface area contributed by atoms with Crippen LogP contribution >= 0.6 is 11.6 Å². The number of aliphatic hydroxyl groups excluding tert-OH is 1. The molecule has 8 heteroatoms. The van der Waals surface area contributed by atoms with Crippen molar-refractivity contribution in [1.29, 1.82) is 0 Å². The third-order valence-electron chi connectivity index (χ3n) is 5.14. The normalized spacial score (nSPS) is 17.9. The van der Waals surface area contributed by atoms with Crippen LogP contribution in [0.5, 0.6) is 5.75 Å². The quantitative estimate of drug-likeness (QED) is 0.266. The van der Waals surface area contributed by atoms with Crippen molar-refractivity contribution in [2.24, 2.45) is 0 Å². The molecule has 0 aliphatic carbocycles. The van der Waals surface area contributed by atoms with E-state index in [1.54, 1.807) is 0 Å². The molecule has 0 aromatic heterocycles. The van der Waals surface area contributed by atoms with Gasteiger partial charge in [-0.05, 0) is 56.2 Å². The van der Waals surface area contributed by atoms with E-state index in [0.717, 1.165) is 0 Å². The van der Waals surface area contributed by atoms with Crippen LogP contribution in [0.2, 0.25) is 5.02 Å². The number of aliphatic hydroxyl groups is 1. The Labute approximate surface area is 191 Å². The second kappa shape index (κ2) is 10.1. The van der Waals surface area contributed by atoms with E-state index in [4.69, 9.17) is 21.1 Å². The Balaban J connectivity index is 2.06. The lowest BCUT2D eigenvalue weighted by atomic mass is 9.95. The number of benzene rings is 2. The molecule has 0 spiro atoms. The summed E-state index contributed by atoms with van der Waals surface area (Å²) in [6, 6.07) is 9.19. The lowest BCUT2D eigenvalue weighted by molar-refractivity contribution is -0.140. The molecular weight excluding hydrogens is 437 g/mol. The monoisotopic (exact) mass is 461 g/mol. The maximum absolute atomic E-state index is 13.5. The second-order valence-electron chi connectivity index (χ2n) is 7.67. The third-order valence-corrected chi connectivity index (χ3v) is 5.46. The fourth-order valence-corrected chi connectivity index (χ4v) is 3.81. The molecule has 2 aromatic rings. The van der Waals surface area contributed by atoms with Crippen LogP contribution in [0.4, 0.5) is 4.39 Å². The number of nitrogens with zero attached hydrogens (tertiary/aromatic N) is 1. The van der Waals surface area contributed by atoms with Gasteiger partial charge in [0.15, 0.2) is 0 Å². The highest BCUT2D eigenvalue weighted by Gasteiger charge is 2.45. The molecule has 1 saturated heterocycles. The van der Waals surface area contributed by atoms with E-state index in [1.165, 1.54) is 54.5 Å². The Morgan fingerprint density at radius 2 is 1.88 bits per heavy atom. The first-order valence-electron chi connectivity index (χ1n) is 10.2. The number of Topliss-reactive ketones (excluding diaryl/α,β-unsaturated/α-hetero) is 1. The van der Waals surface area contributed by atoms with E-state index in [0.29, 0.717) is 29.4 Å². The van der Waals surface area contributed by atoms with Gasteiger partial charge in [0.05, 0.1) is 29.9 Å². The summed E-state index contributed by atoms with van der Waals surface area (Å²) in [7, 11) is 1.43. The number of carbonyl (C=O) groups excluding carboxylic acids is 2. The summed E-state index contributed by atoms with van der Waals surface area (Å²) >= 11 is 6.07. The van der Waals surface area contributed by atoms with Crippen molar-refractivity contribution in [3.8, 4) is 5.75 Å². The highest BCUT2D eigenvalue weighted by atomic mass is 35.5. The highest BCUT2D eigenvalue weighted by molar-refractivity contribution is 6.46. The van der Waals surface area contributed by atoms with E-state index in [1.807, 2.05) is 13.8 Å². The minimum atomic E-state index is -0.865. The van der Waals surface area contributed by atoms with Crippen molar-refractivity contribution in [2.45, 2.75) is 32.4 Å². The van der Waals surface area contributed by atoms with Gasteiger partial charge in [-0.1, -0.05) is 23.7 Å². The standard InChI is InChI=1S/C24H25ClFNO5/c1-14(2)32-12-4-11-27-21(15-5-8-17(26)9-6-15)20(23(29)24(27)30)22(28)16-7-10-18(25)19(13-16)31-3/h5-10,13-14,21,28H,4,11-12H2,1-3H3/b22-20-.